The number of halogens is 7. The van der Waals surface area contributed by atoms with Crippen LogP contribution < -0.4 is 34.7 Å². The molecule has 0 atom stereocenters. The number of carboxylic acid groups (broad SMARTS) is 1. The van der Waals surface area contributed by atoms with Crippen molar-refractivity contribution in [3.8, 4) is 0 Å². The van der Waals surface area contributed by atoms with E-state index in [4.69, 9.17) is 0 Å². The van der Waals surface area contributed by atoms with Crippen LogP contribution in [0.3, 0.4) is 0 Å². The Bertz CT molecular complexity index is 250. The predicted molar refractivity (Wildman–Crippen MR) is 30.2 cm³/mol. The van der Waals surface area contributed by atoms with Gasteiger partial charge in [-0.3, -0.25) is 0 Å². The Morgan fingerprint density at radius 2 is 1.38 bits per heavy atom. The molecule has 0 N–H and O–H groups in total. The van der Waals surface area contributed by atoms with Crippen molar-refractivity contribution in [1.82, 2.24) is 0 Å². The van der Waals surface area contributed by atoms with Crippen LogP contribution in [-0.2, 0) is 4.79 Å². The van der Waals surface area contributed by atoms with Crippen molar-refractivity contribution in [3.05, 3.63) is 0 Å². The molecule has 0 aliphatic heterocycles. The van der Waals surface area contributed by atoms with Crippen LogP contribution in [0.15, 0.2) is 0 Å². The summed E-state index contributed by atoms with van der Waals surface area (Å²) in [7, 11) is 0. The number of rotatable bonds is 4. The second-order valence-corrected chi connectivity index (χ2v) is 2.65. The molecule has 0 fully saturated rings. The summed E-state index contributed by atoms with van der Waals surface area (Å²) in [4.78, 5) is 9.65. The molecule has 0 aliphatic carbocycles. The molecule has 16 heavy (non-hydrogen) atoms. The second kappa shape index (κ2) is 5.54. The minimum Gasteiger partial charge on any atom is -0.550 e. The van der Waals surface area contributed by atoms with E-state index in [1.54, 1.807) is 0 Å². The molecule has 0 aromatic carbocycles. The van der Waals surface area contributed by atoms with Gasteiger partial charge < -0.3 is 9.90 Å². The van der Waals surface area contributed by atoms with Crippen LogP contribution in [0.5, 0.6) is 0 Å². The summed E-state index contributed by atoms with van der Waals surface area (Å²) in [6.45, 7) is 0. The molecule has 0 unspecified atom stereocenters. The Labute approximate surface area is 107 Å². The van der Waals surface area contributed by atoms with E-state index in [0.29, 0.717) is 0 Å². The first-order valence-corrected chi connectivity index (χ1v) is 3.44. The van der Waals surface area contributed by atoms with Crippen LogP contribution in [0, 0.1) is 0 Å². The summed E-state index contributed by atoms with van der Waals surface area (Å²) in [5, 5.41) is 9.65. The van der Waals surface area contributed by atoms with Gasteiger partial charge in [0.05, 0.1) is 0 Å². The average Bonchev–Trinajstić information content (AvgIpc) is 1.98. The molecule has 0 amide bonds. The summed E-state index contributed by atoms with van der Waals surface area (Å²) >= 11 is 0. The second-order valence-electron chi connectivity index (χ2n) is 2.65. The first-order valence-electron chi connectivity index (χ1n) is 3.44. The van der Waals surface area contributed by atoms with Gasteiger partial charge in [-0.25, -0.2) is 0 Å². The topological polar surface area (TPSA) is 40.1 Å². The molecule has 0 radical (unpaired) electrons. The average molecular weight is 264 g/mol. The Kier molecular flexibility index (Phi) is 6.36. The zero-order valence-electron chi connectivity index (χ0n) is 7.88. The normalized spacial score (nSPS) is 13.2. The van der Waals surface area contributed by atoms with Gasteiger partial charge in [-0.1, -0.05) is 0 Å². The van der Waals surface area contributed by atoms with Gasteiger partial charge in [0.15, 0.2) is 0 Å². The molecular weight excluding hydrogens is 260 g/mol. The maximum absolute atomic E-state index is 12.3. The Morgan fingerprint density at radius 1 is 1.00 bits per heavy atom. The van der Waals surface area contributed by atoms with E-state index in [9.17, 15) is 40.6 Å². The van der Waals surface area contributed by atoms with E-state index in [1.807, 2.05) is 0 Å². The Morgan fingerprint density at radius 3 is 1.62 bits per heavy atom. The minimum absolute atomic E-state index is 0. The van der Waals surface area contributed by atoms with E-state index in [-0.39, 0.29) is 29.6 Å². The molecule has 0 saturated carbocycles. The van der Waals surface area contributed by atoms with E-state index in [1.165, 1.54) is 0 Å². The van der Waals surface area contributed by atoms with Crippen molar-refractivity contribution >= 4 is 5.97 Å². The molecule has 0 aromatic rings. The van der Waals surface area contributed by atoms with Crippen molar-refractivity contribution in [2.45, 2.75) is 30.9 Å². The monoisotopic (exact) mass is 264 g/mol. The quantitative estimate of drug-likeness (QED) is 0.451. The van der Waals surface area contributed by atoms with Gasteiger partial charge in [-0.15, -0.1) is 0 Å². The fourth-order valence-corrected chi connectivity index (χ4v) is 0.623. The van der Waals surface area contributed by atoms with Gasteiger partial charge in [0.2, 0.25) is 0 Å². The number of alkyl halides is 7. The molecule has 0 heterocycles. The van der Waals surface area contributed by atoms with Crippen LogP contribution in [0.4, 0.5) is 30.7 Å². The SMILES string of the molecule is O=C([O-])CCC(F)(F)C(F)(F)C(F)(F)F.[Na+]. The van der Waals surface area contributed by atoms with E-state index in [2.05, 4.69) is 0 Å². The van der Waals surface area contributed by atoms with Crippen LogP contribution in [0.1, 0.15) is 12.8 Å². The van der Waals surface area contributed by atoms with Gasteiger partial charge in [0.25, 0.3) is 0 Å². The number of carboxylic acids is 1. The molecule has 0 rings (SSSR count). The molecule has 90 valence electrons. The molecule has 10 heteroatoms. The van der Waals surface area contributed by atoms with Crippen molar-refractivity contribution < 1.29 is 70.2 Å². The number of aliphatic carboxylic acids is 1. The van der Waals surface area contributed by atoms with Gasteiger partial charge in [0.1, 0.15) is 0 Å². The summed E-state index contributed by atoms with van der Waals surface area (Å²) < 4.78 is 83.1. The van der Waals surface area contributed by atoms with E-state index in [0.717, 1.165) is 0 Å². The van der Waals surface area contributed by atoms with E-state index < -0.39 is 36.8 Å². The zero-order chi connectivity index (χ0) is 12.5. The fraction of sp³-hybridized carbons (Fsp3) is 0.833. The van der Waals surface area contributed by atoms with Crippen molar-refractivity contribution in [2.75, 3.05) is 0 Å². The smallest absolute Gasteiger partial charge is 0.550 e. The summed E-state index contributed by atoms with van der Waals surface area (Å²) in [5.74, 6) is -13.9. The third-order valence-corrected chi connectivity index (χ3v) is 1.46. The number of carbonyl (C=O) groups is 1. The molecule has 0 saturated heterocycles. The molecule has 2 nitrogen and oxygen atoms in total. The fourth-order valence-electron chi connectivity index (χ4n) is 0.623. The summed E-state index contributed by atoms with van der Waals surface area (Å²) in [6, 6.07) is 0. The minimum atomic E-state index is -6.43. The summed E-state index contributed by atoms with van der Waals surface area (Å²) in [6.07, 6.45) is -10.1. The van der Waals surface area contributed by atoms with Gasteiger partial charge in [0, 0.05) is 12.4 Å². The van der Waals surface area contributed by atoms with Gasteiger partial charge in [-0.2, -0.15) is 30.7 Å². The third-order valence-electron chi connectivity index (χ3n) is 1.46. The summed E-state index contributed by atoms with van der Waals surface area (Å²) in [5.41, 5.74) is 0. The van der Waals surface area contributed by atoms with Crippen molar-refractivity contribution in [3.63, 3.8) is 0 Å². The third kappa shape index (κ3) is 4.10. The Hall–Kier alpha value is -0.0200. The maximum atomic E-state index is 12.3. The van der Waals surface area contributed by atoms with Gasteiger partial charge in [-0.05, 0) is 6.42 Å². The maximum Gasteiger partial charge on any atom is 1.00 e. The standard InChI is InChI=1S/C6H5F7O2.Na/c7-4(8,2-1-3(14)15)5(9,10)6(11,12)13;/h1-2H2,(H,14,15);/q;+1/p-1. The first-order chi connectivity index (χ1) is 6.42. The van der Waals surface area contributed by atoms with Crippen LogP contribution in [-0.4, -0.2) is 24.0 Å². The van der Waals surface area contributed by atoms with Crippen molar-refractivity contribution in [1.29, 1.82) is 0 Å². The molecular formula is C6H4F7NaO2. The van der Waals surface area contributed by atoms with E-state index >= 15 is 0 Å². The Balaban J connectivity index is 0. The van der Waals surface area contributed by atoms with Gasteiger partial charge >= 0.3 is 47.6 Å². The largest absolute Gasteiger partial charge is 1.00 e. The number of hydrogen-bond donors (Lipinski definition) is 0. The number of hydrogen-bond acceptors (Lipinski definition) is 2. The molecule has 0 bridgehead atoms. The molecule has 0 aliphatic rings. The predicted octanol–water partition coefficient (Wildman–Crippen LogP) is -1.65. The van der Waals surface area contributed by atoms with Crippen LogP contribution in [0.25, 0.3) is 0 Å². The molecule has 0 spiro atoms. The van der Waals surface area contributed by atoms with Crippen LogP contribution >= 0.6 is 0 Å². The molecule has 0 aromatic heterocycles. The van der Waals surface area contributed by atoms with Crippen LogP contribution in [0.2, 0.25) is 0 Å². The zero-order valence-corrected chi connectivity index (χ0v) is 9.88. The van der Waals surface area contributed by atoms with Crippen molar-refractivity contribution in [2.24, 2.45) is 0 Å². The number of carbonyl (C=O) groups excluding carboxylic acids is 1. The first kappa shape index (κ1) is 18.3.